The first-order chi connectivity index (χ1) is 12.2. The van der Waals surface area contributed by atoms with Crippen molar-refractivity contribution in [3.63, 3.8) is 0 Å². The summed E-state index contributed by atoms with van der Waals surface area (Å²) in [7, 11) is 1.75. The molecule has 0 N–H and O–H groups in total. The zero-order valence-electron chi connectivity index (χ0n) is 14.6. The van der Waals surface area contributed by atoms with E-state index in [2.05, 4.69) is 16.1 Å². The number of piperidine rings is 1. The second-order valence-corrected chi connectivity index (χ2v) is 7.22. The van der Waals surface area contributed by atoms with E-state index in [4.69, 9.17) is 5.26 Å². The first-order valence-electron chi connectivity index (χ1n) is 9.02. The lowest BCUT2D eigenvalue weighted by Gasteiger charge is -2.31. The second-order valence-electron chi connectivity index (χ2n) is 7.22. The van der Waals surface area contributed by atoms with Crippen LogP contribution in [0, 0.1) is 11.3 Å². The largest absolute Gasteiger partial charge is 0.345 e. The minimum atomic E-state index is 0.0394. The number of aryl methyl sites for hydroxylation is 1. The highest BCUT2D eigenvalue weighted by Crippen LogP contribution is 2.37. The Morgan fingerprint density at radius 1 is 1.16 bits per heavy atom. The minimum absolute atomic E-state index is 0.0394. The van der Waals surface area contributed by atoms with Crippen molar-refractivity contribution in [2.45, 2.75) is 44.2 Å². The van der Waals surface area contributed by atoms with Gasteiger partial charge in [-0.05, 0) is 56.5 Å². The molecule has 1 aliphatic heterocycles. The molecule has 4 rings (SSSR count). The fourth-order valence-electron chi connectivity index (χ4n) is 3.75. The van der Waals surface area contributed by atoms with Crippen LogP contribution in [0.15, 0.2) is 29.1 Å². The van der Waals surface area contributed by atoms with Gasteiger partial charge in [0.2, 0.25) is 0 Å². The molecule has 6 heteroatoms. The van der Waals surface area contributed by atoms with Gasteiger partial charge in [-0.25, -0.2) is 9.48 Å². The summed E-state index contributed by atoms with van der Waals surface area (Å²) in [6.45, 7) is 2.94. The smallest absolute Gasteiger partial charge is 0.299 e. The summed E-state index contributed by atoms with van der Waals surface area (Å²) in [4.78, 5) is 14.7. The van der Waals surface area contributed by atoms with E-state index in [0.717, 1.165) is 51.1 Å². The Hall–Kier alpha value is -2.39. The van der Waals surface area contributed by atoms with Crippen LogP contribution in [0.4, 0.5) is 0 Å². The third kappa shape index (κ3) is 3.24. The zero-order valence-corrected chi connectivity index (χ0v) is 14.6. The molecule has 0 atom stereocenters. The number of hydrogen-bond acceptors (Lipinski definition) is 4. The van der Waals surface area contributed by atoms with Crippen molar-refractivity contribution in [3.05, 3.63) is 51.7 Å². The Kier molecular flexibility index (Phi) is 4.18. The van der Waals surface area contributed by atoms with E-state index in [0.29, 0.717) is 17.5 Å². The Balaban J connectivity index is 1.41. The van der Waals surface area contributed by atoms with Crippen molar-refractivity contribution in [2.75, 3.05) is 13.1 Å². The molecule has 1 aromatic heterocycles. The first-order valence-corrected chi connectivity index (χ1v) is 9.02. The molecule has 0 spiro atoms. The lowest BCUT2D eigenvalue weighted by molar-refractivity contribution is 0.199. The van der Waals surface area contributed by atoms with Crippen LogP contribution >= 0.6 is 0 Å². The van der Waals surface area contributed by atoms with Gasteiger partial charge in [0.05, 0.1) is 11.6 Å². The summed E-state index contributed by atoms with van der Waals surface area (Å²) in [5, 5.41) is 13.4. The third-order valence-corrected chi connectivity index (χ3v) is 5.34. The molecule has 1 saturated carbocycles. The summed E-state index contributed by atoms with van der Waals surface area (Å²) in [6.07, 6.45) is 4.30. The van der Waals surface area contributed by atoms with Gasteiger partial charge in [-0.15, -0.1) is 0 Å². The second kappa shape index (κ2) is 6.49. The van der Waals surface area contributed by atoms with Gasteiger partial charge in [0.1, 0.15) is 5.82 Å². The fourth-order valence-corrected chi connectivity index (χ4v) is 3.75. The van der Waals surface area contributed by atoms with Crippen LogP contribution in [0.2, 0.25) is 0 Å². The van der Waals surface area contributed by atoms with Crippen LogP contribution in [-0.2, 0) is 13.6 Å². The molecule has 2 aliphatic rings. The molecule has 130 valence electrons. The molecule has 1 aromatic carbocycles. The van der Waals surface area contributed by atoms with E-state index in [1.165, 1.54) is 10.2 Å². The quantitative estimate of drug-likeness (QED) is 0.857. The number of nitrogens with zero attached hydrogens (tertiary/aromatic N) is 5. The Morgan fingerprint density at radius 3 is 2.44 bits per heavy atom. The summed E-state index contributed by atoms with van der Waals surface area (Å²) in [6, 6.07) is 10.4. The monoisotopic (exact) mass is 337 g/mol. The number of aromatic nitrogens is 3. The van der Waals surface area contributed by atoms with Gasteiger partial charge in [0, 0.05) is 25.6 Å². The van der Waals surface area contributed by atoms with Gasteiger partial charge < -0.3 is 0 Å². The number of nitriles is 1. The maximum absolute atomic E-state index is 12.3. The van der Waals surface area contributed by atoms with Crippen molar-refractivity contribution >= 4 is 0 Å². The van der Waals surface area contributed by atoms with E-state index in [-0.39, 0.29) is 5.69 Å². The van der Waals surface area contributed by atoms with Crippen molar-refractivity contribution in [3.8, 4) is 6.07 Å². The van der Waals surface area contributed by atoms with Crippen molar-refractivity contribution in [1.29, 1.82) is 5.26 Å². The molecule has 0 unspecified atom stereocenters. The summed E-state index contributed by atoms with van der Waals surface area (Å²) in [5.41, 5.74) is 1.98. The lowest BCUT2D eigenvalue weighted by atomic mass is 9.95. The Morgan fingerprint density at radius 2 is 1.84 bits per heavy atom. The normalized spacial score (nSPS) is 19.0. The van der Waals surface area contributed by atoms with Crippen LogP contribution < -0.4 is 5.69 Å². The van der Waals surface area contributed by atoms with Crippen LogP contribution in [0.5, 0.6) is 0 Å². The molecule has 1 saturated heterocycles. The molecule has 25 heavy (non-hydrogen) atoms. The maximum atomic E-state index is 12.3. The van der Waals surface area contributed by atoms with E-state index in [1.54, 1.807) is 7.05 Å². The number of likely N-dealkylation sites (tertiary alicyclic amines) is 1. The first kappa shape index (κ1) is 16.1. The lowest BCUT2D eigenvalue weighted by Crippen LogP contribution is -2.33. The van der Waals surface area contributed by atoms with E-state index in [1.807, 2.05) is 28.8 Å². The number of rotatable bonds is 4. The van der Waals surface area contributed by atoms with Crippen LogP contribution in [0.1, 0.15) is 54.6 Å². The molecule has 2 heterocycles. The van der Waals surface area contributed by atoms with Gasteiger partial charge in [-0.2, -0.15) is 10.4 Å². The topological polar surface area (TPSA) is 66.8 Å². The minimum Gasteiger partial charge on any atom is -0.299 e. The average molecular weight is 337 g/mol. The molecule has 6 nitrogen and oxygen atoms in total. The van der Waals surface area contributed by atoms with Crippen molar-refractivity contribution in [2.24, 2.45) is 7.05 Å². The maximum Gasteiger partial charge on any atom is 0.345 e. The van der Waals surface area contributed by atoms with E-state index < -0.39 is 0 Å². The molecule has 1 aliphatic carbocycles. The summed E-state index contributed by atoms with van der Waals surface area (Å²) < 4.78 is 3.44. The standard InChI is InChI=1S/C19H23N5O/c1-22-19(25)24(17-6-7-17)18(21-22)16-8-10-23(11-9-16)13-15-4-2-14(12-20)3-5-15/h2-5,16-17H,6-11,13H2,1H3. The van der Waals surface area contributed by atoms with Gasteiger partial charge in [0.15, 0.2) is 0 Å². The van der Waals surface area contributed by atoms with Crippen molar-refractivity contribution in [1.82, 2.24) is 19.2 Å². The molecule has 2 aromatic rings. The molecule has 0 bridgehead atoms. The average Bonchev–Trinajstić information content (AvgIpc) is 3.43. The predicted molar refractivity (Wildman–Crippen MR) is 94.1 cm³/mol. The Bertz CT molecular complexity index is 845. The molecule has 2 fully saturated rings. The number of benzene rings is 1. The van der Waals surface area contributed by atoms with Crippen LogP contribution in [-0.4, -0.2) is 32.3 Å². The molecular formula is C19H23N5O. The summed E-state index contributed by atoms with van der Waals surface area (Å²) in [5.74, 6) is 1.37. The fraction of sp³-hybridized carbons (Fsp3) is 0.526. The molecular weight excluding hydrogens is 314 g/mol. The van der Waals surface area contributed by atoms with Crippen LogP contribution in [0.3, 0.4) is 0 Å². The van der Waals surface area contributed by atoms with E-state index >= 15 is 0 Å². The third-order valence-electron chi connectivity index (χ3n) is 5.34. The van der Waals surface area contributed by atoms with Crippen molar-refractivity contribution < 1.29 is 0 Å². The van der Waals surface area contributed by atoms with E-state index in [9.17, 15) is 4.79 Å². The van der Waals surface area contributed by atoms with Gasteiger partial charge in [0.25, 0.3) is 0 Å². The van der Waals surface area contributed by atoms with Gasteiger partial charge >= 0.3 is 5.69 Å². The molecule has 0 amide bonds. The SMILES string of the molecule is Cn1nc(C2CCN(Cc3ccc(C#N)cc3)CC2)n(C2CC2)c1=O. The highest BCUT2D eigenvalue weighted by Gasteiger charge is 2.33. The molecule has 0 radical (unpaired) electrons. The highest BCUT2D eigenvalue weighted by molar-refractivity contribution is 5.31. The van der Waals surface area contributed by atoms with Crippen LogP contribution in [0.25, 0.3) is 0 Å². The zero-order chi connectivity index (χ0) is 17.4. The van der Waals surface area contributed by atoms with Gasteiger partial charge in [-0.1, -0.05) is 12.1 Å². The Labute approximate surface area is 147 Å². The van der Waals surface area contributed by atoms with Gasteiger partial charge in [-0.3, -0.25) is 9.47 Å². The predicted octanol–water partition coefficient (Wildman–Crippen LogP) is 2.17. The summed E-state index contributed by atoms with van der Waals surface area (Å²) >= 11 is 0. The highest BCUT2D eigenvalue weighted by atomic mass is 16.2. The number of hydrogen-bond donors (Lipinski definition) is 0.